The van der Waals surface area contributed by atoms with Gasteiger partial charge in [0.05, 0.1) is 11.5 Å². The molecule has 2 N–H and O–H groups in total. The molecule has 1 aromatic rings. The fraction of sp³-hybridized carbons (Fsp3) is 0.500. The molecule has 0 aliphatic rings. The van der Waals surface area contributed by atoms with E-state index >= 15 is 0 Å². The number of hydrogen-bond donors (Lipinski definition) is 2. The van der Waals surface area contributed by atoms with E-state index in [4.69, 9.17) is 11.6 Å². The van der Waals surface area contributed by atoms with Gasteiger partial charge in [0.15, 0.2) is 0 Å². The smallest absolute Gasteiger partial charge is 0.293 e. The van der Waals surface area contributed by atoms with E-state index in [9.17, 15) is 15.2 Å². The molecule has 0 bridgehead atoms. The lowest BCUT2D eigenvalue weighted by atomic mass is 10.0. The fourth-order valence-electron chi connectivity index (χ4n) is 1.75. The summed E-state index contributed by atoms with van der Waals surface area (Å²) in [6, 6.07) is 4.24. The number of nitrogens with zero attached hydrogens (tertiary/aromatic N) is 1. The molecule has 1 rings (SSSR count). The molecule has 5 nitrogen and oxygen atoms in total. The number of anilines is 1. The van der Waals surface area contributed by atoms with Crippen molar-refractivity contribution in [1.82, 2.24) is 0 Å². The molecule has 0 saturated carbocycles. The molecule has 100 valence electrons. The molecule has 18 heavy (non-hydrogen) atoms. The lowest BCUT2D eigenvalue weighted by Crippen LogP contribution is -2.25. The second kappa shape index (κ2) is 6.56. The summed E-state index contributed by atoms with van der Waals surface area (Å²) in [7, 11) is 0. The Labute approximate surface area is 111 Å². The maximum absolute atomic E-state index is 10.9. The molecule has 0 saturated heterocycles. The first kappa shape index (κ1) is 14.7. The van der Waals surface area contributed by atoms with Crippen LogP contribution in [0.4, 0.5) is 11.4 Å². The van der Waals surface area contributed by atoms with Crippen molar-refractivity contribution in [2.75, 3.05) is 11.9 Å². The number of aliphatic hydroxyl groups is 1. The number of benzene rings is 1. The molecule has 1 aromatic carbocycles. The number of nitrogens with one attached hydrogen (secondary N) is 1. The van der Waals surface area contributed by atoms with Crippen LogP contribution in [0.1, 0.15) is 20.3 Å². The van der Waals surface area contributed by atoms with Crippen molar-refractivity contribution in [2.45, 2.75) is 26.3 Å². The first-order valence-corrected chi connectivity index (χ1v) is 6.13. The second-order valence-electron chi connectivity index (χ2n) is 4.57. The monoisotopic (exact) mass is 272 g/mol. The van der Waals surface area contributed by atoms with Crippen molar-refractivity contribution in [2.24, 2.45) is 5.92 Å². The molecule has 0 amide bonds. The van der Waals surface area contributed by atoms with Crippen molar-refractivity contribution in [3.8, 4) is 0 Å². The predicted molar refractivity (Wildman–Crippen MR) is 72.1 cm³/mol. The zero-order valence-electron chi connectivity index (χ0n) is 10.4. The normalized spacial score (nSPS) is 12.5. The first-order valence-electron chi connectivity index (χ1n) is 5.75. The van der Waals surface area contributed by atoms with E-state index in [1.807, 2.05) is 13.8 Å². The minimum Gasteiger partial charge on any atom is -0.394 e. The van der Waals surface area contributed by atoms with Gasteiger partial charge in [0, 0.05) is 17.1 Å². The summed E-state index contributed by atoms with van der Waals surface area (Å²) in [6.45, 7) is 3.99. The van der Waals surface area contributed by atoms with Gasteiger partial charge in [0.25, 0.3) is 5.69 Å². The lowest BCUT2D eigenvalue weighted by molar-refractivity contribution is -0.384. The van der Waals surface area contributed by atoms with Gasteiger partial charge < -0.3 is 10.4 Å². The number of nitro groups is 1. The number of hydrogen-bond acceptors (Lipinski definition) is 4. The molecule has 0 heterocycles. The Morgan fingerprint density at radius 3 is 2.67 bits per heavy atom. The molecule has 0 spiro atoms. The van der Waals surface area contributed by atoms with Crippen molar-refractivity contribution >= 4 is 23.0 Å². The number of aliphatic hydroxyl groups excluding tert-OH is 1. The fourth-order valence-corrected chi connectivity index (χ4v) is 1.91. The SMILES string of the molecule is CC(C)CC(CO)Nc1ccc(Cl)cc1[N+](=O)[O-]. The van der Waals surface area contributed by atoms with Gasteiger partial charge in [-0.1, -0.05) is 25.4 Å². The Kier molecular flexibility index (Phi) is 5.37. The van der Waals surface area contributed by atoms with E-state index in [1.54, 1.807) is 12.1 Å². The van der Waals surface area contributed by atoms with Gasteiger partial charge in [-0.05, 0) is 24.5 Å². The van der Waals surface area contributed by atoms with Crippen LogP contribution in [0.25, 0.3) is 0 Å². The summed E-state index contributed by atoms with van der Waals surface area (Å²) in [5, 5.41) is 23.5. The van der Waals surface area contributed by atoms with Gasteiger partial charge in [-0.3, -0.25) is 10.1 Å². The average molecular weight is 273 g/mol. The minimum absolute atomic E-state index is 0.0715. The molecule has 0 aromatic heterocycles. The van der Waals surface area contributed by atoms with Gasteiger partial charge in [0.2, 0.25) is 0 Å². The van der Waals surface area contributed by atoms with Gasteiger partial charge in [-0.25, -0.2) is 0 Å². The molecule has 1 atom stereocenters. The molecular weight excluding hydrogens is 256 g/mol. The highest BCUT2D eigenvalue weighted by atomic mass is 35.5. The van der Waals surface area contributed by atoms with Crippen LogP contribution in [0.3, 0.4) is 0 Å². The van der Waals surface area contributed by atoms with Crippen LogP contribution >= 0.6 is 11.6 Å². The Bertz CT molecular complexity index is 424. The van der Waals surface area contributed by atoms with E-state index in [0.29, 0.717) is 16.6 Å². The van der Waals surface area contributed by atoms with Crippen LogP contribution in [0.5, 0.6) is 0 Å². The van der Waals surface area contributed by atoms with Crippen LogP contribution < -0.4 is 5.32 Å². The summed E-state index contributed by atoms with van der Waals surface area (Å²) >= 11 is 5.73. The highest BCUT2D eigenvalue weighted by Gasteiger charge is 2.18. The summed E-state index contributed by atoms with van der Waals surface area (Å²) in [5.41, 5.74) is 0.300. The van der Waals surface area contributed by atoms with Crippen molar-refractivity contribution < 1.29 is 10.0 Å². The van der Waals surface area contributed by atoms with Crippen molar-refractivity contribution in [3.63, 3.8) is 0 Å². The van der Waals surface area contributed by atoms with Crippen molar-refractivity contribution in [1.29, 1.82) is 0 Å². The van der Waals surface area contributed by atoms with E-state index < -0.39 is 4.92 Å². The van der Waals surface area contributed by atoms with Crippen LogP contribution in [0, 0.1) is 16.0 Å². The Morgan fingerprint density at radius 1 is 1.50 bits per heavy atom. The molecule has 6 heteroatoms. The quantitative estimate of drug-likeness (QED) is 0.616. The van der Waals surface area contributed by atoms with E-state index in [2.05, 4.69) is 5.32 Å². The van der Waals surface area contributed by atoms with Gasteiger partial charge >= 0.3 is 0 Å². The topological polar surface area (TPSA) is 75.4 Å². The molecule has 1 unspecified atom stereocenters. The summed E-state index contributed by atoms with van der Waals surface area (Å²) in [4.78, 5) is 10.4. The highest BCUT2D eigenvalue weighted by Crippen LogP contribution is 2.28. The van der Waals surface area contributed by atoms with Crippen molar-refractivity contribution in [3.05, 3.63) is 33.3 Å². The van der Waals surface area contributed by atoms with Crippen LogP contribution in [-0.2, 0) is 0 Å². The summed E-state index contributed by atoms with van der Waals surface area (Å²) in [6.07, 6.45) is 0.732. The maximum atomic E-state index is 10.9. The van der Waals surface area contributed by atoms with Crippen LogP contribution in [0.15, 0.2) is 18.2 Å². The zero-order valence-corrected chi connectivity index (χ0v) is 11.1. The molecule has 0 aliphatic carbocycles. The standard InChI is InChI=1S/C12H17ClN2O3/c1-8(2)5-10(7-16)14-11-4-3-9(13)6-12(11)15(17)18/h3-4,6,8,10,14,16H,5,7H2,1-2H3. The number of halogens is 1. The van der Waals surface area contributed by atoms with E-state index in [0.717, 1.165) is 6.42 Å². The maximum Gasteiger partial charge on any atom is 0.293 e. The third kappa shape index (κ3) is 4.16. The third-order valence-corrected chi connectivity index (χ3v) is 2.73. The predicted octanol–water partition coefficient (Wildman–Crippen LogP) is 3.07. The van der Waals surface area contributed by atoms with Gasteiger partial charge in [-0.15, -0.1) is 0 Å². The second-order valence-corrected chi connectivity index (χ2v) is 5.01. The first-order chi connectivity index (χ1) is 8.43. The summed E-state index contributed by atoms with van der Waals surface area (Å²) < 4.78 is 0. The Hall–Kier alpha value is -1.33. The Balaban J connectivity index is 2.91. The summed E-state index contributed by atoms with van der Waals surface area (Å²) in [5.74, 6) is 0.390. The zero-order chi connectivity index (χ0) is 13.7. The van der Waals surface area contributed by atoms with Crippen LogP contribution in [-0.4, -0.2) is 22.7 Å². The molecule has 0 fully saturated rings. The van der Waals surface area contributed by atoms with E-state index in [-0.39, 0.29) is 18.3 Å². The molecule has 0 radical (unpaired) electrons. The molecule has 0 aliphatic heterocycles. The number of rotatable bonds is 6. The Morgan fingerprint density at radius 2 is 2.17 bits per heavy atom. The van der Waals surface area contributed by atoms with E-state index in [1.165, 1.54) is 6.07 Å². The number of nitro benzene ring substituents is 1. The van der Waals surface area contributed by atoms with Gasteiger partial charge in [0.1, 0.15) is 5.69 Å². The highest BCUT2D eigenvalue weighted by molar-refractivity contribution is 6.30. The lowest BCUT2D eigenvalue weighted by Gasteiger charge is -2.19. The molecular formula is C12H17ClN2O3. The van der Waals surface area contributed by atoms with Gasteiger partial charge in [-0.2, -0.15) is 0 Å². The average Bonchev–Trinajstić information content (AvgIpc) is 2.29. The third-order valence-electron chi connectivity index (χ3n) is 2.49. The van der Waals surface area contributed by atoms with Crippen LogP contribution in [0.2, 0.25) is 5.02 Å². The minimum atomic E-state index is -0.488. The largest absolute Gasteiger partial charge is 0.394 e.